The minimum atomic E-state index is -0.0564. The fourth-order valence-electron chi connectivity index (χ4n) is 4.56. The van der Waals surface area contributed by atoms with Crippen LogP contribution >= 0.6 is 0 Å². The van der Waals surface area contributed by atoms with Crippen molar-refractivity contribution in [3.05, 3.63) is 71.7 Å². The summed E-state index contributed by atoms with van der Waals surface area (Å²) in [7, 11) is 0. The molecule has 9 heteroatoms. The molecule has 1 aliphatic heterocycles. The number of hydrogen-bond acceptors (Lipinski definition) is 7. The molecule has 1 saturated heterocycles. The minimum Gasteiger partial charge on any atom is -0.368 e. The lowest BCUT2D eigenvalue weighted by molar-refractivity contribution is 0.0741. The number of imidazole rings is 1. The predicted octanol–water partition coefficient (Wildman–Crippen LogP) is 3.77. The maximum atomic E-state index is 13.1. The summed E-state index contributed by atoms with van der Waals surface area (Å²) in [5.41, 5.74) is 4.96. The quantitative estimate of drug-likeness (QED) is 0.439. The Morgan fingerprint density at radius 1 is 1.03 bits per heavy atom. The molecule has 3 aromatic heterocycles. The Morgan fingerprint density at radius 2 is 1.86 bits per heavy atom. The van der Waals surface area contributed by atoms with Gasteiger partial charge in [0, 0.05) is 50.2 Å². The first-order valence-corrected chi connectivity index (χ1v) is 12.0. The van der Waals surface area contributed by atoms with Crippen LogP contribution < -0.4 is 4.90 Å². The molecule has 0 spiro atoms. The molecule has 2 fully saturated rings. The van der Waals surface area contributed by atoms with Crippen LogP contribution in [0.15, 0.2) is 53.6 Å². The van der Waals surface area contributed by atoms with Crippen molar-refractivity contribution in [2.45, 2.75) is 32.6 Å². The number of rotatable bonds is 5. The first kappa shape index (κ1) is 21.5. The molecule has 0 radical (unpaired) electrons. The summed E-state index contributed by atoms with van der Waals surface area (Å²) in [5.74, 6) is 2.31. The largest absolute Gasteiger partial charge is 0.368 e. The van der Waals surface area contributed by atoms with Gasteiger partial charge in [0.1, 0.15) is 17.8 Å². The molecule has 0 unspecified atom stereocenters. The average Bonchev–Trinajstić information content (AvgIpc) is 3.39. The Bertz CT molecular complexity index is 1360. The van der Waals surface area contributed by atoms with E-state index in [0.29, 0.717) is 36.4 Å². The van der Waals surface area contributed by atoms with Gasteiger partial charge >= 0.3 is 0 Å². The van der Waals surface area contributed by atoms with Crippen molar-refractivity contribution in [2.24, 2.45) is 0 Å². The Labute approximate surface area is 203 Å². The predicted molar refractivity (Wildman–Crippen MR) is 131 cm³/mol. The third kappa shape index (κ3) is 4.29. The summed E-state index contributed by atoms with van der Waals surface area (Å²) >= 11 is 0. The number of hydrogen-bond donors (Lipinski definition) is 0. The maximum Gasteiger partial charge on any atom is 0.274 e. The summed E-state index contributed by atoms with van der Waals surface area (Å²) in [6.07, 6.45) is 7.31. The monoisotopic (exact) mass is 469 g/mol. The van der Waals surface area contributed by atoms with E-state index in [1.54, 1.807) is 23.3 Å². The number of pyridine rings is 1. The molecule has 0 bridgehead atoms. The van der Waals surface area contributed by atoms with Gasteiger partial charge in [-0.2, -0.15) is 4.98 Å². The second-order valence-corrected chi connectivity index (χ2v) is 9.37. The van der Waals surface area contributed by atoms with Gasteiger partial charge in [-0.1, -0.05) is 22.9 Å². The van der Waals surface area contributed by atoms with Crippen molar-refractivity contribution in [1.29, 1.82) is 0 Å². The van der Waals surface area contributed by atoms with Gasteiger partial charge in [0.05, 0.1) is 5.56 Å². The van der Waals surface area contributed by atoms with Gasteiger partial charge in [-0.15, -0.1) is 0 Å². The number of aromatic nitrogens is 5. The summed E-state index contributed by atoms with van der Waals surface area (Å²) in [5, 5.41) is 4.06. The van der Waals surface area contributed by atoms with Crippen molar-refractivity contribution in [1.82, 2.24) is 29.6 Å². The average molecular weight is 470 g/mol. The number of anilines is 1. The van der Waals surface area contributed by atoms with E-state index in [0.717, 1.165) is 37.3 Å². The Hall–Kier alpha value is -4.01. The molecule has 2 aliphatic rings. The molecule has 1 amide bonds. The topological polar surface area (TPSA) is 93.2 Å². The second-order valence-electron chi connectivity index (χ2n) is 9.37. The van der Waals surface area contributed by atoms with Crippen LogP contribution in [0.25, 0.3) is 17.3 Å². The summed E-state index contributed by atoms with van der Waals surface area (Å²) in [6, 6.07) is 10.3. The highest BCUT2D eigenvalue weighted by atomic mass is 16.5. The van der Waals surface area contributed by atoms with Crippen LogP contribution in [-0.4, -0.2) is 61.7 Å². The highest BCUT2D eigenvalue weighted by Gasteiger charge is 2.29. The normalized spacial score (nSPS) is 16.1. The lowest BCUT2D eigenvalue weighted by atomic mass is 10.1. The molecule has 1 saturated carbocycles. The molecule has 178 valence electrons. The van der Waals surface area contributed by atoms with Crippen molar-refractivity contribution in [2.75, 3.05) is 31.1 Å². The molecule has 9 nitrogen and oxygen atoms in total. The number of amides is 1. The van der Waals surface area contributed by atoms with Gasteiger partial charge in [0.2, 0.25) is 0 Å². The summed E-state index contributed by atoms with van der Waals surface area (Å²) in [4.78, 5) is 30.6. The van der Waals surface area contributed by atoms with E-state index in [4.69, 9.17) is 4.52 Å². The van der Waals surface area contributed by atoms with Crippen LogP contribution in [0.1, 0.15) is 46.2 Å². The van der Waals surface area contributed by atoms with E-state index in [-0.39, 0.29) is 5.91 Å². The molecular weight excluding hydrogens is 442 g/mol. The highest BCUT2D eigenvalue weighted by Crippen LogP contribution is 2.38. The van der Waals surface area contributed by atoms with Crippen LogP contribution in [0.5, 0.6) is 0 Å². The fourth-order valence-corrected chi connectivity index (χ4v) is 4.56. The molecule has 4 aromatic rings. The van der Waals surface area contributed by atoms with Gasteiger partial charge in [-0.3, -0.25) is 9.36 Å². The highest BCUT2D eigenvalue weighted by molar-refractivity contribution is 5.92. The van der Waals surface area contributed by atoms with E-state index >= 15 is 0 Å². The third-order valence-corrected chi connectivity index (χ3v) is 6.71. The zero-order valence-corrected chi connectivity index (χ0v) is 19.9. The second kappa shape index (κ2) is 8.65. The van der Waals surface area contributed by atoms with Gasteiger partial charge in [-0.25, -0.2) is 9.97 Å². The van der Waals surface area contributed by atoms with Crippen molar-refractivity contribution >= 4 is 11.6 Å². The van der Waals surface area contributed by atoms with E-state index in [1.807, 2.05) is 17.0 Å². The number of benzene rings is 1. The first-order chi connectivity index (χ1) is 17.0. The van der Waals surface area contributed by atoms with Crippen LogP contribution in [-0.2, 0) is 0 Å². The molecule has 0 atom stereocenters. The summed E-state index contributed by atoms with van der Waals surface area (Å²) in [6.45, 7) is 7.18. The van der Waals surface area contributed by atoms with Crippen LogP contribution in [0.2, 0.25) is 0 Å². The molecule has 1 aliphatic carbocycles. The number of aryl methyl sites for hydroxylation is 2. The number of carbonyl (C=O) groups excluding carboxylic acids is 1. The van der Waals surface area contributed by atoms with E-state index < -0.39 is 0 Å². The van der Waals surface area contributed by atoms with Crippen molar-refractivity contribution < 1.29 is 9.32 Å². The van der Waals surface area contributed by atoms with Crippen molar-refractivity contribution in [3.8, 4) is 17.3 Å². The van der Waals surface area contributed by atoms with E-state index in [9.17, 15) is 4.79 Å². The third-order valence-electron chi connectivity index (χ3n) is 6.71. The lowest BCUT2D eigenvalue weighted by Crippen LogP contribution is -2.49. The number of nitrogens with zero attached hydrogens (tertiary/aromatic N) is 7. The molecule has 1 aromatic carbocycles. The van der Waals surface area contributed by atoms with Crippen LogP contribution in [0.3, 0.4) is 0 Å². The summed E-state index contributed by atoms with van der Waals surface area (Å²) < 4.78 is 7.13. The van der Waals surface area contributed by atoms with Gasteiger partial charge < -0.3 is 14.3 Å². The van der Waals surface area contributed by atoms with E-state index in [2.05, 4.69) is 57.1 Å². The molecule has 6 rings (SSSR count). The standard InChI is InChI=1S/C26H27N7O2/c1-17-3-7-22(18(2)13-17)31-9-11-32(12-10-31)26(34)21-15-33(16-28-21)23-8-6-20(14-27-23)25-29-24(30-35-25)19-4-5-19/h3,6-8,13-16,19H,4-5,9-12H2,1-2H3. The number of piperazine rings is 1. The van der Waals surface area contributed by atoms with Crippen LogP contribution in [0, 0.1) is 13.8 Å². The molecule has 4 heterocycles. The molecule has 35 heavy (non-hydrogen) atoms. The lowest BCUT2D eigenvalue weighted by Gasteiger charge is -2.36. The maximum absolute atomic E-state index is 13.1. The van der Waals surface area contributed by atoms with E-state index in [1.165, 1.54) is 16.8 Å². The SMILES string of the molecule is Cc1ccc(N2CCN(C(=O)c3cn(-c4ccc(-c5nc(C6CC6)no5)cn4)cn3)CC2)c(C)c1. The van der Waals surface area contributed by atoms with Gasteiger partial charge in [0.15, 0.2) is 5.82 Å². The van der Waals surface area contributed by atoms with Crippen molar-refractivity contribution in [3.63, 3.8) is 0 Å². The Kier molecular flexibility index (Phi) is 5.32. The smallest absolute Gasteiger partial charge is 0.274 e. The first-order valence-electron chi connectivity index (χ1n) is 12.0. The Morgan fingerprint density at radius 3 is 2.57 bits per heavy atom. The zero-order chi connectivity index (χ0) is 23.9. The molecular formula is C26H27N7O2. The van der Waals surface area contributed by atoms with Crippen LogP contribution in [0.4, 0.5) is 5.69 Å². The molecule has 0 N–H and O–H groups in total. The minimum absolute atomic E-state index is 0.0564. The number of carbonyl (C=O) groups is 1. The fraction of sp³-hybridized carbons (Fsp3) is 0.346. The van der Waals surface area contributed by atoms with Gasteiger partial charge in [0.25, 0.3) is 11.8 Å². The Balaban J connectivity index is 1.10. The zero-order valence-electron chi connectivity index (χ0n) is 19.9. The van der Waals surface area contributed by atoms with Gasteiger partial charge in [-0.05, 0) is 50.5 Å².